The van der Waals surface area contributed by atoms with Crippen molar-refractivity contribution in [2.75, 3.05) is 20.1 Å². The number of ether oxygens (including phenoxy) is 1. The molecule has 7 nitrogen and oxygen atoms in total. The molecular weight excluding hydrogens is 480 g/mol. The van der Waals surface area contributed by atoms with Gasteiger partial charge in [0.05, 0.1) is 23.3 Å². The lowest BCUT2D eigenvalue weighted by Crippen LogP contribution is -2.78. The average molecular weight is 511 g/mol. The summed E-state index contributed by atoms with van der Waals surface area (Å²) in [5.74, 6) is 6.97. The third kappa shape index (κ3) is 3.11. The standard InChI is InChI=1S/C28H30N2O5.ClH/c1-29(23(32)9-7-19-3-2-14-34-19)20-10-11-28(33)22-15-18-6-8-21(31)25-24(18)27(28,26(20)35-25)12-13-30(22)16-17-4-5-17;/h2-3,6,8,14,17,20,22,26,31,33H,4-5,10-13,15-16H2,1H3;1H/t20-,22-,26+,27+,28-;/m1./s1. The van der Waals surface area contributed by atoms with Gasteiger partial charge in [-0.15, -0.1) is 12.4 Å². The van der Waals surface area contributed by atoms with Gasteiger partial charge < -0.3 is 24.3 Å². The summed E-state index contributed by atoms with van der Waals surface area (Å²) in [7, 11) is 1.76. The number of furan rings is 1. The molecule has 190 valence electrons. The molecule has 0 unspecified atom stereocenters. The maximum atomic E-state index is 13.1. The van der Waals surface area contributed by atoms with E-state index in [-0.39, 0.29) is 36.1 Å². The zero-order valence-electron chi connectivity index (χ0n) is 20.3. The summed E-state index contributed by atoms with van der Waals surface area (Å²) in [6.45, 7) is 1.93. The normalized spacial score (nSPS) is 33.4. The molecule has 2 saturated carbocycles. The fourth-order valence-electron chi connectivity index (χ4n) is 7.56. The van der Waals surface area contributed by atoms with E-state index in [0.717, 1.165) is 43.0 Å². The summed E-state index contributed by atoms with van der Waals surface area (Å²) in [6.07, 6.45) is 6.36. The van der Waals surface area contributed by atoms with Crippen molar-refractivity contribution in [1.29, 1.82) is 0 Å². The Morgan fingerprint density at radius 3 is 2.83 bits per heavy atom. The number of rotatable bonds is 3. The van der Waals surface area contributed by atoms with Gasteiger partial charge in [-0.1, -0.05) is 6.07 Å². The van der Waals surface area contributed by atoms with Crippen molar-refractivity contribution in [2.45, 2.75) is 67.7 Å². The first kappa shape index (κ1) is 23.7. The van der Waals surface area contributed by atoms with E-state index in [1.807, 2.05) is 6.07 Å². The number of phenolic OH excluding ortho intramolecular Hbond substituents is 1. The van der Waals surface area contributed by atoms with Gasteiger partial charge in [-0.2, -0.15) is 0 Å². The van der Waals surface area contributed by atoms with Crippen LogP contribution in [0.5, 0.6) is 11.5 Å². The van der Waals surface area contributed by atoms with Crippen molar-refractivity contribution >= 4 is 18.3 Å². The highest BCUT2D eigenvalue weighted by Crippen LogP contribution is 2.66. The lowest BCUT2D eigenvalue weighted by atomic mass is 9.48. The molecule has 1 aromatic heterocycles. The fourth-order valence-corrected chi connectivity index (χ4v) is 7.56. The van der Waals surface area contributed by atoms with Gasteiger partial charge in [0.1, 0.15) is 6.10 Å². The monoisotopic (exact) mass is 510 g/mol. The molecule has 2 N–H and O–H groups in total. The molecule has 5 atom stereocenters. The number of halogens is 1. The number of piperidine rings is 1. The summed E-state index contributed by atoms with van der Waals surface area (Å²) in [5.41, 5.74) is 0.518. The molecule has 1 aromatic carbocycles. The van der Waals surface area contributed by atoms with E-state index in [4.69, 9.17) is 9.15 Å². The summed E-state index contributed by atoms with van der Waals surface area (Å²) in [6, 6.07) is 6.93. The van der Waals surface area contributed by atoms with E-state index in [0.29, 0.717) is 24.4 Å². The number of aromatic hydroxyl groups is 1. The first-order chi connectivity index (χ1) is 16.9. The molecule has 2 aliphatic heterocycles. The van der Waals surface area contributed by atoms with Crippen LogP contribution >= 0.6 is 12.4 Å². The Morgan fingerprint density at radius 1 is 1.25 bits per heavy atom. The fraction of sp³-hybridized carbons (Fsp3) is 0.536. The molecule has 1 amide bonds. The summed E-state index contributed by atoms with van der Waals surface area (Å²) >= 11 is 0. The van der Waals surface area contributed by atoms with Crippen molar-refractivity contribution < 1.29 is 24.2 Å². The van der Waals surface area contributed by atoms with Crippen LogP contribution in [0.15, 0.2) is 34.9 Å². The Bertz CT molecular complexity index is 1260. The maximum Gasteiger partial charge on any atom is 0.299 e. The Hall–Kier alpha value is -2.66. The van der Waals surface area contributed by atoms with Crippen molar-refractivity contribution in [3.8, 4) is 23.3 Å². The van der Waals surface area contributed by atoms with Crippen molar-refractivity contribution in [3.63, 3.8) is 0 Å². The lowest BCUT2D eigenvalue weighted by molar-refractivity contribution is -0.199. The van der Waals surface area contributed by atoms with Gasteiger partial charge in [0.15, 0.2) is 17.3 Å². The molecule has 2 aromatic rings. The SMILES string of the molecule is CN(C(=O)C#Cc1ccco1)[C@@H]1CC[C@@]2(O)[C@H]3Cc4ccc(O)c5c4[C@@]2(CCN3CC2CC2)[C@H]1O5.Cl. The van der Waals surface area contributed by atoms with E-state index >= 15 is 0 Å². The number of phenols is 1. The predicted octanol–water partition coefficient (Wildman–Crippen LogP) is 2.85. The minimum absolute atomic E-state index is 0. The second-order valence-corrected chi connectivity index (χ2v) is 11.0. The molecular formula is C28H31ClN2O5. The highest BCUT2D eigenvalue weighted by atomic mass is 35.5. The van der Waals surface area contributed by atoms with E-state index in [1.165, 1.54) is 19.1 Å². The molecule has 3 fully saturated rings. The second-order valence-electron chi connectivity index (χ2n) is 11.0. The highest BCUT2D eigenvalue weighted by Gasteiger charge is 2.73. The van der Waals surface area contributed by atoms with E-state index in [2.05, 4.69) is 16.7 Å². The van der Waals surface area contributed by atoms with Gasteiger partial charge in [0.2, 0.25) is 0 Å². The summed E-state index contributed by atoms with van der Waals surface area (Å²) in [4.78, 5) is 17.3. The molecule has 3 heterocycles. The van der Waals surface area contributed by atoms with Crippen LogP contribution in [0.3, 0.4) is 0 Å². The van der Waals surface area contributed by atoms with Crippen molar-refractivity contribution in [2.24, 2.45) is 5.92 Å². The number of amides is 1. The topological polar surface area (TPSA) is 86.4 Å². The number of carbonyl (C=O) groups is 1. The zero-order chi connectivity index (χ0) is 23.9. The minimum atomic E-state index is -0.961. The molecule has 0 radical (unpaired) electrons. The van der Waals surface area contributed by atoms with Crippen LogP contribution in [0, 0.1) is 17.8 Å². The third-order valence-corrected chi connectivity index (χ3v) is 9.36. The minimum Gasteiger partial charge on any atom is -0.504 e. The van der Waals surface area contributed by atoms with Crippen LogP contribution in [0.4, 0.5) is 0 Å². The summed E-state index contributed by atoms with van der Waals surface area (Å²) in [5, 5.41) is 23.3. The molecule has 3 aliphatic carbocycles. The van der Waals surface area contributed by atoms with Crippen LogP contribution in [0.1, 0.15) is 49.0 Å². The predicted molar refractivity (Wildman–Crippen MR) is 134 cm³/mol. The molecule has 8 heteroatoms. The number of carbonyl (C=O) groups excluding carboxylic acids is 1. The lowest BCUT2D eigenvalue weighted by Gasteiger charge is -2.64. The Kier molecular flexibility index (Phi) is 5.39. The third-order valence-electron chi connectivity index (χ3n) is 9.36. The number of benzene rings is 1. The first-order valence-electron chi connectivity index (χ1n) is 12.7. The number of aliphatic hydroxyl groups is 1. The van der Waals surface area contributed by atoms with Crippen molar-refractivity contribution in [1.82, 2.24) is 9.80 Å². The van der Waals surface area contributed by atoms with E-state index in [9.17, 15) is 15.0 Å². The Morgan fingerprint density at radius 2 is 2.08 bits per heavy atom. The van der Waals surface area contributed by atoms with E-state index in [1.54, 1.807) is 30.1 Å². The number of likely N-dealkylation sites (N-methyl/N-ethyl adjacent to an activating group) is 1. The Balaban J connectivity index is 0.00000240. The Labute approximate surface area is 216 Å². The quantitative estimate of drug-likeness (QED) is 0.618. The molecule has 1 saturated heterocycles. The van der Waals surface area contributed by atoms with Crippen LogP contribution in [0.2, 0.25) is 0 Å². The number of likely N-dealkylation sites (tertiary alicyclic amines) is 1. The molecule has 1 spiro atoms. The molecule has 5 aliphatic rings. The van der Waals surface area contributed by atoms with Crippen molar-refractivity contribution in [3.05, 3.63) is 47.4 Å². The van der Waals surface area contributed by atoms with Crippen LogP contribution in [0.25, 0.3) is 0 Å². The van der Waals surface area contributed by atoms with Gasteiger partial charge in [0.25, 0.3) is 5.91 Å². The average Bonchev–Trinajstić information content (AvgIpc) is 3.36. The maximum absolute atomic E-state index is 13.1. The van der Waals surface area contributed by atoms with Gasteiger partial charge >= 0.3 is 0 Å². The number of hydrogen-bond acceptors (Lipinski definition) is 6. The summed E-state index contributed by atoms with van der Waals surface area (Å²) < 4.78 is 11.8. The van der Waals surface area contributed by atoms with Crippen LogP contribution < -0.4 is 4.74 Å². The van der Waals surface area contributed by atoms with Crippen LogP contribution in [-0.4, -0.2) is 69.8 Å². The van der Waals surface area contributed by atoms with Gasteiger partial charge in [-0.3, -0.25) is 9.69 Å². The zero-order valence-corrected chi connectivity index (χ0v) is 21.1. The molecule has 7 rings (SSSR count). The molecule has 2 bridgehead atoms. The number of nitrogens with zero attached hydrogens (tertiary/aromatic N) is 2. The first-order valence-corrected chi connectivity index (χ1v) is 12.7. The van der Waals surface area contributed by atoms with Gasteiger partial charge in [-0.05, 0) is 80.7 Å². The highest BCUT2D eigenvalue weighted by molar-refractivity contribution is 5.94. The van der Waals surface area contributed by atoms with E-state index < -0.39 is 17.1 Å². The smallest absolute Gasteiger partial charge is 0.299 e. The van der Waals surface area contributed by atoms with Crippen LogP contribution in [-0.2, 0) is 16.6 Å². The van der Waals surface area contributed by atoms with Gasteiger partial charge in [-0.25, -0.2) is 0 Å². The number of hydrogen-bond donors (Lipinski definition) is 2. The second kappa shape index (κ2) is 8.17. The largest absolute Gasteiger partial charge is 0.504 e. The molecule has 36 heavy (non-hydrogen) atoms. The van der Waals surface area contributed by atoms with Gasteiger partial charge in [0, 0.05) is 31.1 Å².